The molecule has 0 saturated heterocycles. The number of esters is 1. The van der Waals surface area contributed by atoms with E-state index in [4.69, 9.17) is 4.74 Å². The monoisotopic (exact) mass is 316 g/mol. The highest BCUT2D eigenvalue weighted by atomic mass is 16.5. The van der Waals surface area contributed by atoms with E-state index in [0.717, 1.165) is 13.1 Å². The molecule has 1 rings (SSSR count). The maximum absolute atomic E-state index is 12.1. The van der Waals surface area contributed by atoms with E-state index in [1.807, 2.05) is 0 Å². The highest BCUT2D eigenvalue weighted by molar-refractivity contribution is 5.97. The SMILES string of the molecule is CCN(CC)CC#CC(C)OC(=O)c1cccc(C(=O)NC)c1. The Labute approximate surface area is 138 Å². The Bertz CT molecular complexity index is 598. The van der Waals surface area contributed by atoms with Crippen molar-refractivity contribution in [3.63, 3.8) is 0 Å². The van der Waals surface area contributed by atoms with E-state index < -0.39 is 12.1 Å². The Hall–Kier alpha value is -2.32. The van der Waals surface area contributed by atoms with Crippen LogP contribution < -0.4 is 5.32 Å². The van der Waals surface area contributed by atoms with Gasteiger partial charge in [-0.3, -0.25) is 9.69 Å². The van der Waals surface area contributed by atoms with Crippen LogP contribution in [0.4, 0.5) is 0 Å². The molecule has 1 atom stereocenters. The summed E-state index contributed by atoms with van der Waals surface area (Å²) < 4.78 is 5.29. The fourth-order valence-corrected chi connectivity index (χ4v) is 1.94. The van der Waals surface area contributed by atoms with Gasteiger partial charge in [0.2, 0.25) is 0 Å². The summed E-state index contributed by atoms with van der Waals surface area (Å²) in [6.45, 7) is 8.41. The maximum Gasteiger partial charge on any atom is 0.339 e. The van der Waals surface area contributed by atoms with E-state index in [0.29, 0.717) is 17.7 Å². The smallest absolute Gasteiger partial charge is 0.339 e. The van der Waals surface area contributed by atoms with Crippen molar-refractivity contribution in [2.75, 3.05) is 26.7 Å². The zero-order chi connectivity index (χ0) is 17.2. The van der Waals surface area contributed by atoms with Crippen molar-refractivity contribution in [1.29, 1.82) is 0 Å². The van der Waals surface area contributed by atoms with Crippen molar-refractivity contribution in [3.05, 3.63) is 35.4 Å². The fourth-order valence-electron chi connectivity index (χ4n) is 1.94. The van der Waals surface area contributed by atoms with Crippen molar-refractivity contribution >= 4 is 11.9 Å². The Morgan fingerprint density at radius 3 is 2.52 bits per heavy atom. The number of carbonyl (C=O) groups is 2. The molecule has 1 aromatic carbocycles. The molecule has 0 aliphatic rings. The third-order valence-corrected chi connectivity index (χ3v) is 3.37. The van der Waals surface area contributed by atoms with Crippen LogP contribution in [0.5, 0.6) is 0 Å². The first-order chi connectivity index (χ1) is 11.0. The standard InChI is InChI=1S/C18H24N2O3/c1-5-20(6-2)12-8-9-14(3)23-18(22)16-11-7-10-15(13-16)17(21)19-4/h7,10-11,13-14H,5-6,12H2,1-4H3,(H,19,21). The van der Waals surface area contributed by atoms with Gasteiger partial charge < -0.3 is 10.1 Å². The first-order valence-electron chi connectivity index (χ1n) is 7.75. The number of nitrogens with one attached hydrogen (secondary N) is 1. The molecule has 1 amide bonds. The van der Waals surface area contributed by atoms with Gasteiger partial charge in [-0.25, -0.2) is 4.79 Å². The molecule has 0 heterocycles. The summed E-state index contributed by atoms with van der Waals surface area (Å²) in [4.78, 5) is 25.9. The number of benzene rings is 1. The molecule has 0 aromatic heterocycles. The van der Waals surface area contributed by atoms with Gasteiger partial charge in [-0.15, -0.1) is 0 Å². The van der Waals surface area contributed by atoms with Gasteiger partial charge in [0.25, 0.3) is 5.91 Å². The van der Waals surface area contributed by atoms with Gasteiger partial charge in [0.15, 0.2) is 6.10 Å². The Morgan fingerprint density at radius 1 is 1.26 bits per heavy atom. The second-order valence-electron chi connectivity index (χ2n) is 4.99. The van der Waals surface area contributed by atoms with Crippen molar-refractivity contribution in [1.82, 2.24) is 10.2 Å². The van der Waals surface area contributed by atoms with Crippen LogP contribution in [0.3, 0.4) is 0 Å². The van der Waals surface area contributed by atoms with E-state index in [2.05, 4.69) is 35.9 Å². The summed E-state index contributed by atoms with van der Waals surface area (Å²) in [5.41, 5.74) is 0.755. The lowest BCUT2D eigenvalue weighted by Crippen LogP contribution is -2.23. The quantitative estimate of drug-likeness (QED) is 0.644. The highest BCUT2D eigenvalue weighted by Crippen LogP contribution is 2.08. The third kappa shape index (κ3) is 6.13. The van der Waals surface area contributed by atoms with Crippen LogP contribution in [-0.2, 0) is 4.74 Å². The number of rotatable bonds is 6. The molecule has 0 fully saturated rings. The Kier molecular flexibility index (Phi) is 7.86. The lowest BCUT2D eigenvalue weighted by molar-refractivity contribution is 0.0438. The van der Waals surface area contributed by atoms with Crippen molar-refractivity contribution < 1.29 is 14.3 Å². The number of nitrogens with zero attached hydrogens (tertiary/aromatic N) is 1. The van der Waals surface area contributed by atoms with E-state index in [1.165, 1.54) is 6.07 Å². The van der Waals surface area contributed by atoms with Gasteiger partial charge in [-0.1, -0.05) is 31.8 Å². The minimum atomic E-state index is -0.498. The van der Waals surface area contributed by atoms with E-state index in [9.17, 15) is 9.59 Å². The van der Waals surface area contributed by atoms with E-state index >= 15 is 0 Å². The molecule has 0 spiro atoms. The number of hydrogen-bond acceptors (Lipinski definition) is 4. The summed E-state index contributed by atoms with van der Waals surface area (Å²) in [5, 5.41) is 2.52. The molecule has 0 radical (unpaired) electrons. The van der Waals surface area contributed by atoms with E-state index in [1.54, 1.807) is 32.2 Å². The van der Waals surface area contributed by atoms with Crippen LogP contribution in [-0.4, -0.2) is 49.6 Å². The van der Waals surface area contributed by atoms with Gasteiger partial charge in [-0.2, -0.15) is 0 Å². The van der Waals surface area contributed by atoms with Crippen LogP contribution in [0.25, 0.3) is 0 Å². The molecule has 5 nitrogen and oxygen atoms in total. The van der Waals surface area contributed by atoms with Crippen LogP contribution >= 0.6 is 0 Å². The first kappa shape index (κ1) is 18.7. The highest BCUT2D eigenvalue weighted by Gasteiger charge is 2.12. The largest absolute Gasteiger partial charge is 0.446 e. The second kappa shape index (κ2) is 9.65. The second-order valence-corrected chi connectivity index (χ2v) is 4.99. The van der Waals surface area contributed by atoms with Gasteiger partial charge in [0.1, 0.15) is 0 Å². The average Bonchev–Trinajstić information content (AvgIpc) is 2.58. The topological polar surface area (TPSA) is 58.6 Å². The summed E-state index contributed by atoms with van der Waals surface area (Å²) in [6, 6.07) is 6.42. The molecule has 0 bridgehead atoms. The summed E-state index contributed by atoms with van der Waals surface area (Å²) in [7, 11) is 1.54. The molecular weight excluding hydrogens is 292 g/mol. The van der Waals surface area contributed by atoms with Crippen LogP contribution in [0.1, 0.15) is 41.5 Å². The van der Waals surface area contributed by atoms with Gasteiger partial charge >= 0.3 is 5.97 Å². The van der Waals surface area contributed by atoms with Crippen molar-refractivity contribution in [2.24, 2.45) is 0 Å². The molecule has 0 saturated carbocycles. The zero-order valence-electron chi connectivity index (χ0n) is 14.2. The fraction of sp³-hybridized carbons (Fsp3) is 0.444. The molecule has 23 heavy (non-hydrogen) atoms. The number of hydrogen-bond donors (Lipinski definition) is 1. The van der Waals surface area contributed by atoms with Crippen LogP contribution in [0.2, 0.25) is 0 Å². The van der Waals surface area contributed by atoms with Crippen LogP contribution in [0.15, 0.2) is 24.3 Å². The van der Waals surface area contributed by atoms with Gasteiger partial charge in [0, 0.05) is 12.6 Å². The minimum Gasteiger partial charge on any atom is -0.446 e. The predicted molar refractivity (Wildman–Crippen MR) is 90.3 cm³/mol. The molecule has 5 heteroatoms. The summed E-state index contributed by atoms with van der Waals surface area (Å²) in [6.07, 6.45) is -0.498. The molecule has 1 aromatic rings. The average molecular weight is 316 g/mol. The molecule has 1 N–H and O–H groups in total. The number of ether oxygens (including phenoxy) is 1. The maximum atomic E-state index is 12.1. The van der Waals surface area contributed by atoms with Gasteiger partial charge in [0.05, 0.1) is 12.1 Å². The lowest BCUT2D eigenvalue weighted by atomic mass is 10.1. The lowest BCUT2D eigenvalue weighted by Gasteiger charge is -2.13. The molecule has 0 aliphatic heterocycles. The van der Waals surface area contributed by atoms with Crippen LogP contribution in [0, 0.1) is 11.8 Å². The number of carbonyl (C=O) groups excluding carboxylic acids is 2. The minimum absolute atomic E-state index is 0.244. The number of amides is 1. The molecule has 124 valence electrons. The molecular formula is C18H24N2O3. The first-order valence-corrected chi connectivity index (χ1v) is 7.75. The zero-order valence-corrected chi connectivity index (χ0v) is 14.2. The van der Waals surface area contributed by atoms with Crippen molar-refractivity contribution in [2.45, 2.75) is 26.9 Å². The van der Waals surface area contributed by atoms with Crippen molar-refractivity contribution in [3.8, 4) is 11.8 Å². The van der Waals surface area contributed by atoms with E-state index in [-0.39, 0.29) is 5.91 Å². The predicted octanol–water partition coefficient (Wildman–Crippen LogP) is 1.94. The normalized spacial score (nSPS) is 11.3. The summed E-state index contributed by atoms with van der Waals surface area (Å²) in [5.74, 6) is 5.20. The Morgan fingerprint density at radius 2 is 1.91 bits per heavy atom. The molecule has 0 aliphatic carbocycles. The van der Waals surface area contributed by atoms with Gasteiger partial charge in [-0.05, 0) is 38.2 Å². The third-order valence-electron chi connectivity index (χ3n) is 3.37. The summed E-state index contributed by atoms with van der Waals surface area (Å²) >= 11 is 0. The Balaban J connectivity index is 2.65. The molecule has 1 unspecified atom stereocenters.